The Labute approximate surface area is 215 Å². The first-order chi connectivity index (χ1) is 18.2. The van der Waals surface area contributed by atoms with Gasteiger partial charge >= 0.3 is 11.8 Å². The standard InChI is InChI=1S/C26H26N8O4/c1-15-5-9-19(10-6-15)33-25(37)21(17(3)31-33)13-27-29-23(35)24(36)30-28-14-22-18(4)32-34(26(22)38)20-11-7-16(2)8-12-20/h5-14,27-28,31-32H,3-4H2,1-2H3,(H,29,35)(H,30,36). The number of carbonyl (C=O) groups is 2. The SMILES string of the molecule is C=c1[nH]n(-c2ccc(C)cc2)c(=O)c1=CNNC(=O)C(=O)NNC=c1c(=C)[nH]n(-c2ccc(C)cc2)c1=O. The molecule has 0 bridgehead atoms. The van der Waals surface area contributed by atoms with Crippen LogP contribution in [0.15, 0.2) is 58.1 Å². The van der Waals surface area contributed by atoms with E-state index in [4.69, 9.17) is 0 Å². The van der Waals surface area contributed by atoms with Crippen LogP contribution in [0.1, 0.15) is 11.1 Å². The Bertz CT molecular complexity index is 1700. The summed E-state index contributed by atoms with van der Waals surface area (Å²) >= 11 is 0. The lowest BCUT2D eigenvalue weighted by atomic mass is 10.2. The zero-order valence-corrected chi connectivity index (χ0v) is 20.7. The van der Waals surface area contributed by atoms with Gasteiger partial charge in [0.1, 0.15) is 0 Å². The van der Waals surface area contributed by atoms with Crippen molar-refractivity contribution in [3.05, 3.63) is 102 Å². The predicted octanol–water partition coefficient (Wildman–Crippen LogP) is -2.50. The molecule has 194 valence electrons. The number of hydrazine groups is 2. The van der Waals surface area contributed by atoms with Crippen molar-refractivity contribution in [3.63, 3.8) is 0 Å². The van der Waals surface area contributed by atoms with Gasteiger partial charge in [0.2, 0.25) is 0 Å². The fourth-order valence-corrected chi connectivity index (χ4v) is 3.50. The summed E-state index contributed by atoms with van der Waals surface area (Å²) in [7, 11) is 0. The molecule has 2 amide bonds. The van der Waals surface area contributed by atoms with Gasteiger partial charge in [0.05, 0.1) is 32.5 Å². The molecule has 2 aromatic carbocycles. The van der Waals surface area contributed by atoms with Crippen molar-refractivity contribution in [2.24, 2.45) is 0 Å². The second kappa shape index (κ2) is 10.6. The van der Waals surface area contributed by atoms with Crippen LogP contribution in [0, 0.1) is 13.8 Å². The van der Waals surface area contributed by atoms with Crippen LogP contribution in [0.3, 0.4) is 0 Å². The first kappa shape index (κ1) is 25.6. The van der Waals surface area contributed by atoms with E-state index < -0.39 is 22.9 Å². The number of hydrogen-bond donors (Lipinski definition) is 6. The highest BCUT2D eigenvalue weighted by Crippen LogP contribution is 2.05. The topological polar surface area (TPSA) is 158 Å². The lowest BCUT2D eigenvalue weighted by Crippen LogP contribution is -2.49. The molecule has 0 saturated carbocycles. The van der Waals surface area contributed by atoms with E-state index in [9.17, 15) is 19.2 Å². The highest BCUT2D eigenvalue weighted by Gasteiger charge is 2.12. The molecule has 4 rings (SSSR count). The Morgan fingerprint density at radius 2 is 1.03 bits per heavy atom. The largest absolute Gasteiger partial charge is 0.329 e. The fraction of sp³-hybridized carbons (Fsp3) is 0.0769. The second-order valence-corrected chi connectivity index (χ2v) is 8.45. The molecule has 12 nitrogen and oxygen atoms in total. The van der Waals surface area contributed by atoms with Gasteiger partial charge in [-0.3, -0.25) is 40.2 Å². The van der Waals surface area contributed by atoms with Crippen molar-refractivity contribution in [2.45, 2.75) is 13.8 Å². The first-order valence-corrected chi connectivity index (χ1v) is 11.4. The summed E-state index contributed by atoms with van der Waals surface area (Å²) in [5, 5.41) is 6.66. The maximum Gasteiger partial charge on any atom is 0.329 e. The third kappa shape index (κ3) is 5.33. The number of nitrogens with zero attached hydrogens (tertiary/aromatic N) is 2. The lowest BCUT2D eigenvalue weighted by Gasteiger charge is -2.05. The summed E-state index contributed by atoms with van der Waals surface area (Å²) in [5.41, 5.74) is 11.7. The lowest BCUT2D eigenvalue weighted by molar-refractivity contribution is -0.139. The third-order valence-electron chi connectivity index (χ3n) is 5.61. The van der Waals surface area contributed by atoms with Crippen molar-refractivity contribution in [3.8, 4) is 11.4 Å². The molecule has 0 unspecified atom stereocenters. The van der Waals surface area contributed by atoms with E-state index in [2.05, 4.69) is 45.1 Å². The maximum absolute atomic E-state index is 12.7. The normalized spacial score (nSPS) is 11.8. The molecule has 0 spiro atoms. The van der Waals surface area contributed by atoms with Crippen LogP contribution in [-0.4, -0.2) is 31.4 Å². The van der Waals surface area contributed by atoms with E-state index >= 15 is 0 Å². The van der Waals surface area contributed by atoms with Crippen LogP contribution < -0.4 is 54.0 Å². The third-order valence-corrected chi connectivity index (χ3v) is 5.61. The summed E-state index contributed by atoms with van der Waals surface area (Å²) < 4.78 is 2.63. The molecular formula is C26H26N8O4. The highest BCUT2D eigenvalue weighted by atomic mass is 16.2. The van der Waals surface area contributed by atoms with Crippen molar-refractivity contribution < 1.29 is 9.59 Å². The van der Waals surface area contributed by atoms with Crippen molar-refractivity contribution >= 4 is 37.4 Å². The molecule has 0 aliphatic heterocycles. The Hall–Kier alpha value is -5.52. The highest BCUT2D eigenvalue weighted by molar-refractivity contribution is 6.34. The molecule has 38 heavy (non-hydrogen) atoms. The van der Waals surface area contributed by atoms with E-state index in [0.717, 1.165) is 11.1 Å². The monoisotopic (exact) mass is 514 g/mol. The predicted molar refractivity (Wildman–Crippen MR) is 143 cm³/mol. The number of amides is 2. The van der Waals surface area contributed by atoms with E-state index in [0.29, 0.717) is 22.1 Å². The molecule has 6 N–H and O–H groups in total. The Kier molecular flexibility index (Phi) is 7.15. The van der Waals surface area contributed by atoms with Crippen molar-refractivity contribution in [1.29, 1.82) is 0 Å². The molecule has 0 saturated heterocycles. The van der Waals surface area contributed by atoms with E-state index in [1.165, 1.54) is 21.8 Å². The number of aromatic amines is 2. The van der Waals surface area contributed by atoms with Crippen LogP contribution in [-0.2, 0) is 9.59 Å². The summed E-state index contributed by atoms with van der Waals surface area (Å²) in [5.74, 6) is -2.11. The smallest absolute Gasteiger partial charge is 0.305 e. The molecule has 0 aliphatic carbocycles. The fourth-order valence-electron chi connectivity index (χ4n) is 3.50. The van der Waals surface area contributed by atoms with Gasteiger partial charge in [-0.25, -0.2) is 9.36 Å². The second-order valence-electron chi connectivity index (χ2n) is 8.45. The summed E-state index contributed by atoms with van der Waals surface area (Å²) in [6, 6.07) is 14.6. The van der Waals surface area contributed by atoms with E-state index in [-0.39, 0.29) is 10.4 Å². The number of rotatable bonds is 6. The van der Waals surface area contributed by atoms with Gasteiger partial charge in [-0.1, -0.05) is 48.6 Å². The average molecular weight is 515 g/mol. The molecule has 2 aromatic heterocycles. The van der Waals surface area contributed by atoms with Crippen LogP contribution in [0.5, 0.6) is 0 Å². The number of aryl methyl sites for hydroxylation is 2. The van der Waals surface area contributed by atoms with Crippen LogP contribution >= 0.6 is 0 Å². The molecule has 0 aliphatic rings. The number of carbonyl (C=O) groups excluding carboxylic acids is 2. The van der Waals surface area contributed by atoms with Crippen molar-refractivity contribution in [2.75, 3.05) is 0 Å². The molecule has 0 atom stereocenters. The molecule has 2 heterocycles. The Morgan fingerprint density at radius 3 is 1.37 bits per heavy atom. The van der Waals surface area contributed by atoms with Gasteiger partial charge in [-0.2, -0.15) is 0 Å². The molecule has 0 radical (unpaired) electrons. The van der Waals surface area contributed by atoms with Crippen LogP contribution in [0.25, 0.3) is 36.9 Å². The molecular weight excluding hydrogens is 488 g/mol. The van der Waals surface area contributed by atoms with Gasteiger partial charge in [-0.05, 0) is 38.1 Å². The minimum Gasteiger partial charge on any atom is -0.305 e. The maximum atomic E-state index is 12.7. The average Bonchev–Trinajstić information content (AvgIpc) is 3.34. The Balaban J connectivity index is 1.39. The number of aromatic nitrogens is 4. The molecule has 4 aromatic rings. The quantitative estimate of drug-likeness (QED) is 0.123. The van der Waals surface area contributed by atoms with E-state index in [1.807, 2.05) is 38.1 Å². The summed E-state index contributed by atoms with van der Waals surface area (Å²) in [4.78, 5) is 49.6. The van der Waals surface area contributed by atoms with E-state index in [1.54, 1.807) is 24.3 Å². The number of benzene rings is 2. The summed E-state index contributed by atoms with van der Waals surface area (Å²) in [6.45, 7) is 11.5. The van der Waals surface area contributed by atoms with Gasteiger partial charge in [0, 0.05) is 12.4 Å². The number of hydrogen-bond acceptors (Lipinski definition) is 6. The van der Waals surface area contributed by atoms with Gasteiger partial charge < -0.3 is 10.9 Å². The van der Waals surface area contributed by atoms with Crippen LogP contribution in [0.2, 0.25) is 0 Å². The minimum absolute atomic E-state index is 0.165. The van der Waals surface area contributed by atoms with Gasteiger partial charge in [0.25, 0.3) is 11.1 Å². The number of nitrogens with one attached hydrogen (secondary N) is 6. The number of H-pyrrole nitrogens is 2. The van der Waals surface area contributed by atoms with Crippen LogP contribution in [0.4, 0.5) is 0 Å². The molecule has 0 fully saturated rings. The van der Waals surface area contributed by atoms with Gasteiger partial charge in [-0.15, -0.1) is 0 Å². The zero-order chi connectivity index (χ0) is 27.4. The minimum atomic E-state index is -1.05. The summed E-state index contributed by atoms with van der Waals surface area (Å²) in [6.07, 6.45) is 2.44. The van der Waals surface area contributed by atoms with Gasteiger partial charge in [0.15, 0.2) is 0 Å². The Morgan fingerprint density at radius 1 is 0.684 bits per heavy atom. The zero-order valence-electron chi connectivity index (χ0n) is 20.7. The molecule has 12 heteroatoms. The first-order valence-electron chi connectivity index (χ1n) is 11.4. The van der Waals surface area contributed by atoms with Crippen molar-refractivity contribution in [1.82, 2.24) is 41.3 Å².